The molecule has 0 saturated carbocycles. The van der Waals surface area contributed by atoms with Crippen LogP contribution in [0.5, 0.6) is 11.5 Å². The molecule has 2 N–H and O–H groups in total. The molecule has 0 aromatic heterocycles. The molecule has 1 amide bonds. The van der Waals surface area contributed by atoms with E-state index in [1.165, 1.54) is 30.5 Å². The number of nitrogens with one attached hydrogen (secondary N) is 1. The molecule has 25 heavy (non-hydrogen) atoms. The summed E-state index contributed by atoms with van der Waals surface area (Å²) >= 11 is 3.31. The first-order valence-corrected chi connectivity index (χ1v) is 7.84. The third kappa shape index (κ3) is 5.28. The quantitative estimate of drug-likeness (QED) is 0.434. The number of phenolic OH excluding ortho intramolecular Hbond substituents is 1. The summed E-state index contributed by atoms with van der Waals surface area (Å²) in [4.78, 5) is 21.8. The predicted octanol–water partition coefficient (Wildman–Crippen LogP) is 2.90. The number of nitro groups is 1. The normalized spacial score (nSPS) is 10.6. The van der Waals surface area contributed by atoms with Crippen LogP contribution in [-0.2, 0) is 4.79 Å². The molecule has 0 spiro atoms. The number of hydrogen-bond donors (Lipinski definition) is 2. The Balaban J connectivity index is 1.91. The van der Waals surface area contributed by atoms with Crippen molar-refractivity contribution >= 4 is 33.7 Å². The Labute approximate surface area is 151 Å². The average molecular weight is 408 g/mol. The monoisotopic (exact) mass is 407 g/mol. The Hall–Kier alpha value is -2.94. The number of hydrazone groups is 1. The molecule has 0 bridgehead atoms. The molecule has 0 radical (unpaired) electrons. The highest BCUT2D eigenvalue weighted by Crippen LogP contribution is 2.25. The van der Waals surface area contributed by atoms with Gasteiger partial charge in [-0.25, -0.2) is 5.43 Å². The first-order valence-electron chi connectivity index (χ1n) is 7.05. The van der Waals surface area contributed by atoms with E-state index in [0.29, 0.717) is 11.1 Å². The highest BCUT2D eigenvalue weighted by Gasteiger charge is 2.08. The van der Waals surface area contributed by atoms with E-state index in [0.717, 1.165) is 4.47 Å². The van der Waals surface area contributed by atoms with Crippen LogP contribution in [0.1, 0.15) is 11.1 Å². The molecular formula is C16H14BrN3O5. The second-order valence-electron chi connectivity index (χ2n) is 5.00. The van der Waals surface area contributed by atoms with Gasteiger partial charge in [-0.05, 0) is 30.7 Å². The molecule has 2 rings (SSSR count). The number of halogens is 1. The van der Waals surface area contributed by atoms with E-state index >= 15 is 0 Å². The molecule has 130 valence electrons. The molecule has 9 heteroatoms. The Morgan fingerprint density at radius 2 is 2.20 bits per heavy atom. The van der Waals surface area contributed by atoms with Crippen LogP contribution >= 0.6 is 15.9 Å². The maximum Gasteiger partial charge on any atom is 0.277 e. The number of ether oxygens (including phenoxy) is 1. The van der Waals surface area contributed by atoms with Crippen molar-refractivity contribution in [3.05, 3.63) is 62.1 Å². The number of phenols is 1. The smallest absolute Gasteiger partial charge is 0.277 e. The van der Waals surface area contributed by atoms with E-state index in [1.807, 2.05) is 0 Å². The van der Waals surface area contributed by atoms with Crippen molar-refractivity contribution in [2.75, 3.05) is 6.61 Å². The molecule has 8 nitrogen and oxygen atoms in total. The molecule has 0 aliphatic rings. The van der Waals surface area contributed by atoms with Crippen LogP contribution in [0.15, 0.2) is 46.0 Å². The fourth-order valence-electron chi connectivity index (χ4n) is 1.90. The Morgan fingerprint density at radius 1 is 1.44 bits per heavy atom. The lowest BCUT2D eigenvalue weighted by molar-refractivity contribution is -0.384. The van der Waals surface area contributed by atoms with Crippen molar-refractivity contribution in [1.29, 1.82) is 0 Å². The number of carbonyl (C=O) groups excluding carboxylic acids is 1. The van der Waals surface area contributed by atoms with E-state index in [2.05, 4.69) is 26.5 Å². The molecule has 0 aliphatic carbocycles. The molecule has 0 heterocycles. The average Bonchev–Trinajstić information content (AvgIpc) is 2.57. The van der Waals surface area contributed by atoms with Crippen LogP contribution in [0.25, 0.3) is 0 Å². The SMILES string of the molecule is Cc1cc(Br)cc(/C=N/NC(=O)COc2cccc([N+](=O)[O-])c2)c1O. The molecule has 0 unspecified atom stereocenters. The lowest BCUT2D eigenvalue weighted by Gasteiger charge is -2.05. The first-order chi connectivity index (χ1) is 11.9. The number of nitrogens with zero attached hydrogens (tertiary/aromatic N) is 2. The summed E-state index contributed by atoms with van der Waals surface area (Å²) < 4.78 is 5.94. The minimum atomic E-state index is -0.552. The van der Waals surface area contributed by atoms with Crippen LogP contribution in [-0.4, -0.2) is 28.8 Å². The van der Waals surface area contributed by atoms with E-state index < -0.39 is 10.8 Å². The Kier molecular flexibility index (Phi) is 6.07. The highest BCUT2D eigenvalue weighted by atomic mass is 79.9. The summed E-state index contributed by atoms with van der Waals surface area (Å²) in [6.45, 7) is 1.38. The topological polar surface area (TPSA) is 114 Å². The minimum absolute atomic E-state index is 0.0639. The highest BCUT2D eigenvalue weighted by molar-refractivity contribution is 9.10. The largest absolute Gasteiger partial charge is 0.507 e. The molecular weight excluding hydrogens is 394 g/mol. The van der Waals surface area contributed by atoms with E-state index in [9.17, 15) is 20.0 Å². The number of non-ortho nitro benzene ring substituents is 1. The number of nitro benzene ring substituents is 1. The van der Waals surface area contributed by atoms with Gasteiger partial charge >= 0.3 is 0 Å². The molecule has 0 aliphatic heterocycles. The lowest BCUT2D eigenvalue weighted by Crippen LogP contribution is -2.24. The lowest BCUT2D eigenvalue weighted by atomic mass is 10.1. The molecule has 0 saturated heterocycles. The summed E-state index contributed by atoms with van der Waals surface area (Å²) in [7, 11) is 0. The van der Waals surface area contributed by atoms with Gasteiger partial charge < -0.3 is 9.84 Å². The van der Waals surface area contributed by atoms with Gasteiger partial charge in [0.25, 0.3) is 11.6 Å². The van der Waals surface area contributed by atoms with Crippen LogP contribution < -0.4 is 10.2 Å². The van der Waals surface area contributed by atoms with E-state index in [4.69, 9.17) is 4.74 Å². The first kappa shape index (κ1) is 18.4. The zero-order valence-corrected chi connectivity index (χ0v) is 14.7. The number of carbonyl (C=O) groups is 1. The maximum absolute atomic E-state index is 11.7. The molecule has 2 aromatic rings. The minimum Gasteiger partial charge on any atom is -0.507 e. The zero-order chi connectivity index (χ0) is 18.4. The van der Waals surface area contributed by atoms with Crippen molar-refractivity contribution in [3.63, 3.8) is 0 Å². The van der Waals surface area contributed by atoms with Crippen molar-refractivity contribution in [2.24, 2.45) is 5.10 Å². The number of aromatic hydroxyl groups is 1. The summed E-state index contributed by atoms with van der Waals surface area (Å²) in [6.07, 6.45) is 1.30. The maximum atomic E-state index is 11.7. The van der Waals surface area contributed by atoms with Crippen LogP contribution in [0.4, 0.5) is 5.69 Å². The van der Waals surface area contributed by atoms with Crippen molar-refractivity contribution in [1.82, 2.24) is 5.43 Å². The summed E-state index contributed by atoms with van der Waals surface area (Å²) in [5.41, 5.74) is 3.22. The Morgan fingerprint density at radius 3 is 2.92 bits per heavy atom. The third-order valence-electron chi connectivity index (χ3n) is 3.09. The van der Waals surface area contributed by atoms with Gasteiger partial charge in [-0.2, -0.15) is 5.10 Å². The third-order valence-corrected chi connectivity index (χ3v) is 3.54. The summed E-state index contributed by atoms with van der Waals surface area (Å²) in [5, 5.41) is 24.3. The van der Waals surface area contributed by atoms with Gasteiger partial charge in [0.15, 0.2) is 6.61 Å². The molecule has 0 atom stereocenters. The van der Waals surface area contributed by atoms with Crippen LogP contribution in [0.2, 0.25) is 0 Å². The number of benzene rings is 2. The standard InChI is InChI=1S/C16H14BrN3O5/c1-10-5-12(17)6-11(16(10)22)8-18-19-15(21)9-25-14-4-2-3-13(7-14)20(23)24/h2-8,22H,9H2,1H3,(H,19,21)/b18-8+. The van der Waals surface area contributed by atoms with Gasteiger partial charge in [0.05, 0.1) is 17.2 Å². The van der Waals surface area contributed by atoms with Crippen molar-refractivity contribution in [2.45, 2.75) is 6.92 Å². The fraction of sp³-hybridized carbons (Fsp3) is 0.125. The second kappa shape index (κ2) is 8.25. The second-order valence-corrected chi connectivity index (χ2v) is 5.91. The van der Waals surface area contributed by atoms with Gasteiger partial charge in [0.1, 0.15) is 11.5 Å². The van der Waals surface area contributed by atoms with E-state index in [-0.39, 0.29) is 23.8 Å². The Bertz CT molecular complexity index is 839. The van der Waals surface area contributed by atoms with Crippen molar-refractivity contribution < 1.29 is 19.6 Å². The predicted molar refractivity (Wildman–Crippen MR) is 94.9 cm³/mol. The van der Waals surface area contributed by atoms with Crippen molar-refractivity contribution in [3.8, 4) is 11.5 Å². The number of amides is 1. The molecule has 2 aromatic carbocycles. The van der Waals surface area contributed by atoms with Gasteiger partial charge in [-0.1, -0.05) is 22.0 Å². The fourth-order valence-corrected chi connectivity index (χ4v) is 2.49. The van der Waals surface area contributed by atoms with Gasteiger partial charge in [-0.15, -0.1) is 0 Å². The van der Waals surface area contributed by atoms with Crippen LogP contribution in [0, 0.1) is 17.0 Å². The van der Waals surface area contributed by atoms with Crippen LogP contribution in [0.3, 0.4) is 0 Å². The van der Waals surface area contributed by atoms with Gasteiger partial charge in [0.2, 0.25) is 0 Å². The number of rotatable bonds is 6. The van der Waals surface area contributed by atoms with E-state index in [1.54, 1.807) is 19.1 Å². The van der Waals surface area contributed by atoms with Gasteiger partial charge in [-0.3, -0.25) is 14.9 Å². The van der Waals surface area contributed by atoms with Gasteiger partial charge in [0, 0.05) is 16.1 Å². The molecule has 0 fully saturated rings. The summed E-state index contributed by atoms with van der Waals surface area (Å²) in [6, 6.07) is 8.91. The number of hydrogen-bond acceptors (Lipinski definition) is 6. The number of aryl methyl sites for hydroxylation is 1. The summed E-state index contributed by atoms with van der Waals surface area (Å²) in [5.74, 6) is -0.281. The zero-order valence-electron chi connectivity index (χ0n) is 13.1.